The van der Waals surface area contributed by atoms with Crippen LogP contribution in [0.3, 0.4) is 0 Å². The fraction of sp³-hybridized carbons (Fsp3) is 0.652. The van der Waals surface area contributed by atoms with Gasteiger partial charge in [-0.3, -0.25) is 0 Å². The van der Waals surface area contributed by atoms with Crippen LogP contribution < -0.4 is 5.32 Å². The summed E-state index contributed by atoms with van der Waals surface area (Å²) >= 11 is 0. The van der Waals surface area contributed by atoms with Crippen LogP contribution in [-0.2, 0) is 5.41 Å². The van der Waals surface area contributed by atoms with Crippen LogP contribution in [0.1, 0.15) is 50.5 Å². The van der Waals surface area contributed by atoms with Gasteiger partial charge in [-0.2, -0.15) is 0 Å². The normalized spacial score (nSPS) is 32.9. The van der Waals surface area contributed by atoms with Crippen molar-refractivity contribution < 1.29 is 4.39 Å². The van der Waals surface area contributed by atoms with Gasteiger partial charge in [0.15, 0.2) is 0 Å². The van der Waals surface area contributed by atoms with Crippen molar-refractivity contribution in [2.75, 3.05) is 31.5 Å². The number of halogens is 1. The maximum atomic E-state index is 13.8. The van der Waals surface area contributed by atoms with Crippen LogP contribution in [0.5, 0.6) is 0 Å². The molecule has 1 saturated heterocycles. The molecular weight excluding hydrogens is 323 g/mol. The molecule has 1 spiro atoms. The van der Waals surface area contributed by atoms with Gasteiger partial charge in [-0.05, 0) is 99.6 Å². The third-order valence-corrected chi connectivity index (χ3v) is 7.63. The Morgan fingerprint density at radius 1 is 1.15 bits per heavy atom. The van der Waals surface area contributed by atoms with Crippen molar-refractivity contribution in [2.45, 2.75) is 50.4 Å². The summed E-state index contributed by atoms with van der Waals surface area (Å²) in [7, 11) is 0. The van der Waals surface area contributed by atoms with Crippen LogP contribution in [0.2, 0.25) is 0 Å². The van der Waals surface area contributed by atoms with E-state index < -0.39 is 0 Å². The van der Waals surface area contributed by atoms with Crippen molar-refractivity contribution in [2.24, 2.45) is 17.8 Å². The molecule has 5 rings (SSSR count). The van der Waals surface area contributed by atoms with Gasteiger partial charge in [-0.25, -0.2) is 4.39 Å². The first-order chi connectivity index (χ1) is 12.7. The van der Waals surface area contributed by atoms with E-state index in [0.717, 1.165) is 55.9 Å². The quantitative estimate of drug-likeness (QED) is 0.755. The van der Waals surface area contributed by atoms with Gasteiger partial charge in [0.25, 0.3) is 0 Å². The summed E-state index contributed by atoms with van der Waals surface area (Å²) in [4.78, 5) is 2.70. The zero-order valence-corrected chi connectivity index (χ0v) is 15.7. The van der Waals surface area contributed by atoms with Gasteiger partial charge in [0, 0.05) is 24.2 Å². The molecule has 2 nitrogen and oxygen atoms in total. The van der Waals surface area contributed by atoms with Crippen LogP contribution in [0.25, 0.3) is 0 Å². The molecule has 2 aliphatic carbocycles. The predicted molar refractivity (Wildman–Crippen MR) is 105 cm³/mol. The molecule has 2 aliphatic heterocycles. The Morgan fingerprint density at radius 3 is 2.92 bits per heavy atom. The minimum absolute atomic E-state index is 0.0908. The van der Waals surface area contributed by atoms with Gasteiger partial charge < -0.3 is 10.2 Å². The van der Waals surface area contributed by atoms with Crippen LogP contribution in [0, 0.1) is 23.6 Å². The fourth-order valence-electron chi connectivity index (χ4n) is 6.10. The maximum Gasteiger partial charge on any atom is 0.123 e. The highest BCUT2D eigenvalue weighted by molar-refractivity contribution is 5.60. The highest BCUT2D eigenvalue weighted by Gasteiger charge is 2.42. The third kappa shape index (κ3) is 3.09. The Morgan fingerprint density at radius 2 is 2.04 bits per heavy atom. The molecule has 2 bridgehead atoms. The Balaban J connectivity index is 1.22. The van der Waals surface area contributed by atoms with E-state index in [0.29, 0.717) is 0 Å². The number of anilines is 1. The molecule has 3 heteroatoms. The summed E-state index contributed by atoms with van der Waals surface area (Å²) < 4.78 is 13.8. The number of allylic oxidation sites excluding steroid dienone is 2. The minimum atomic E-state index is -0.0908. The smallest absolute Gasteiger partial charge is 0.123 e. The van der Waals surface area contributed by atoms with Crippen LogP contribution in [-0.4, -0.2) is 31.1 Å². The molecule has 2 fully saturated rings. The molecule has 2 heterocycles. The van der Waals surface area contributed by atoms with E-state index in [-0.39, 0.29) is 11.2 Å². The third-order valence-electron chi connectivity index (χ3n) is 7.63. The van der Waals surface area contributed by atoms with Crippen molar-refractivity contribution in [1.82, 2.24) is 4.90 Å². The Kier molecular flexibility index (Phi) is 4.31. The van der Waals surface area contributed by atoms with Gasteiger partial charge in [-0.15, -0.1) is 0 Å². The Labute approximate surface area is 156 Å². The van der Waals surface area contributed by atoms with Gasteiger partial charge in [-0.1, -0.05) is 12.2 Å². The van der Waals surface area contributed by atoms with Crippen molar-refractivity contribution in [3.8, 4) is 0 Å². The Hall–Kier alpha value is -1.35. The van der Waals surface area contributed by atoms with E-state index >= 15 is 0 Å². The van der Waals surface area contributed by atoms with E-state index in [2.05, 4.69) is 22.4 Å². The zero-order valence-electron chi connectivity index (χ0n) is 15.7. The number of hydrogen-bond donors (Lipinski definition) is 1. The number of benzene rings is 1. The number of rotatable bonds is 2. The first-order valence-electron chi connectivity index (χ1n) is 10.6. The number of hydrogen-bond acceptors (Lipinski definition) is 2. The van der Waals surface area contributed by atoms with Gasteiger partial charge in [0.05, 0.1) is 0 Å². The second-order valence-electron chi connectivity index (χ2n) is 9.33. The van der Waals surface area contributed by atoms with Gasteiger partial charge >= 0.3 is 0 Å². The molecule has 1 saturated carbocycles. The second-order valence-corrected chi connectivity index (χ2v) is 9.33. The first-order valence-corrected chi connectivity index (χ1v) is 10.6. The molecule has 0 radical (unpaired) electrons. The monoisotopic (exact) mass is 354 g/mol. The van der Waals surface area contributed by atoms with E-state index in [9.17, 15) is 4.39 Å². The van der Waals surface area contributed by atoms with Crippen LogP contribution >= 0.6 is 0 Å². The summed E-state index contributed by atoms with van der Waals surface area (Å²) in [6, 6.07) is 5.28. The van der Waals surface area contributed by atoms with Crippen molar-refractivity contribution in [1.29, 1.82) is 0 Å². The lowest BCUT2D eigenvalue weighted by Gasteiger charge is -2.40. The van der Waals surface area contributed by atoms with Gasteiger partial charge in [0.2, 0.25) is 0 Å². The topological polar surface area (TPSA) is 15.3 Å². The molecule has 140 valence electrons. The van der Waals surface area contributed by atoms with Crippen molar-refractivity contribution in [3.63, 3.8) is 0 Å². The van der Waals surface area contributed by atoms with E-state index in [1.807, 2.05) is 6.07 Å². The molecule has 0 aromatic heterocycles. The second kappa shape index (κ2) is 6.67. The molecule has 26 heavy (non-hydrogen) atoms. The molecule has 1 N–H and O–H groups in total. The summed E-state index contributed by atoms with van der Waals surface area (Å²) in [5.41, 5.74) is 2.55. The van der Waals surface area contributed by atoms with Crippen molar-refractivity contribution >= 4 is 5.69 Å². The average molecular weight is 355 g/mol. The van der Waals surface area contributed by atoms with E-state index in [1.165, 1.54) is 44.2 Å². The number of likely N-dealkylation sites (tertiary alicyclic amines) is 1. The standard InChI is InChI=1S/C23H31FN2/c24-20-6-7-22-21(14-20)23(16-25-22)8-10-26(11-9-23)15-19-5-4-17-2-1-3-18(12-17)13-19/h1,3,6-7,14,17-19,25H,2,4-5,8-13,15-16H2. The molecule has 0 amide bonds. The largest absolute Gasteiger partial charge is 0.384 e. The minimum Gasteiger partial charge on any atom is -0.384 e. The zero-order chi connectivity index (χ0) is 17.6. The average Bonchev–Trinajstić information content (AvgIpc) is 2.92. The molecule has 4 aliphatic rings. The van der Waals surface area contributed by atoms with E-state index in [1.54, 1.807) is 12.1 Å². The summed E-state index contributed by atoms with van der Waals surface area (Å²) in [6.45, 7) is 4.59. The lowest BCUT2D eigenvalue weighted by molar-refractivity contribution is 0.140. The number of nitrogens with zero attached hydrogens (tertiary/aromatic N) is 1. The number of fused-ring (bicyclic) bond motifs is 4. The van der Waals surface area contributed by atoms with E-state index in [4.69, 9.17) is 0 Å². The lowest BCUT2D eigenvalue weighted by Crippen LogP contribution is -2.45. The fourth-order valence-corrected chi connectivity index (χ4v) is 6.10. The van der Waals surface area contributed by atoms with Crippen LogP contribution in [0.15, 0.2) is 30.4 Å². The predicted octanol–water partition coefficient (Wildman–Crippen LogP) is 4.97. The van der Waals surface area contributed by atoms with Crippen LogP contribution in [0.4, 0.5) is 10.1 Å². The van der Waals surface area contributed by atoms with Crippen molar-refractivity contribution in [3.05, 3.63) is 41.7 Å². The SMILES string of the molecule is Fc1ccc2c(c1)C1(CCN(CC3CCC4CC=CC(C4)C3)CC1)CN2. The van der Waals surface area contributed by atoms with Gasteiger partial charge in [0.1, 0.15) is 5.82 Å². The molecular formula is C23H31FN2. The molecule has 1 aromatic rings. The Bertz CT molecular complexity index is 689. The summed E-state index contributed by atoms with van der Waals surface area (Å²) in [6.07, 6.45) is 14.3. The summed E-state index contributed by atoms with van der Waals surface area (Å²) in [5, 5.41) is 3.52. The highest BCUT2D eigenvalue weighted by Crippen LogP contribution is 2.45. The first kappa shape index (κ1) is 16.8. The summed E-state index contributed by atoms with van der Waals surface area (Å²) in [5.74, 6) is 2.57. The lowest BCUT2D eigenvalue weighted by atomic mass is 9.74. The number of piperidine rings is 1. The molecule has 1 aromatic carbocycles. The molecule has 3 atom stereocenters. The highest BCUT2D eigenvalue weighted by atomic mass is 19.1. The molecule has 3 unspecified atom stereocenters. The maximum absolute atomic E-state index is 13.8. The number of nitrogens with one attached hydrogen (secondary N) is 1.